The molecule has 0 aliphatic rings. The molecule has 0 spiro atoms. The van der Waals surface area contributed by atoms with Gasteiger partial charge in [-0.1, -0.05) is 46.6 Å². The second-order valence-corrected chi connectivity index (χ2v) is 7.50. The van der Waals surface area contributed by atoms with Crippen LogP contribution in [0.15, 0.2) is 66.1 Å². The molecule has 0 atom stereocenters. The van der Waals surface area contributed by atoms with E-state index in [1.807, 2.05) is 42.7 Å². The molecular weight excluding hydrogens is 461 g/mol. The van der Waals surface area contributed by atoms with Crippen LogP contribution in [0.1, 0.15) is 5.56 Å². The maximum atomic E-state index is 8.36. The first kappa shape index (κ1) is 22.9. The Bertz CT molecular complexity index is 963. The van der Waals surface area contributed by atoms with E-state index in [2.05, 4.69) is 4.98 Å². The van der Waals surface area contributed by atoms with E-state index in [1.54, 1.807) is 41.0 Å². The van der Waals surface area contributed by atoms with Gasteiger partial charge in [-0.15, -0.1) is 10.1 Å². The normalized spacial score (nSPS) is 10.8. The Kier molecular flexibility index (Phi) is 9.14. The number of hydrogen-bond acceptors (Lipinski definition) is 5. The summed E-state index contributed by atoms with van der Waals surface area (Å²) in [5.41, 5.74) is 0.761. The van der Waals surface area contributed by atoms with Crippen molar-refractivity contribution in [3.8, 4) is 0 Å². The molecule has 2 aromatic carbocycles. The van der Waals surface area contributed by atoms with Crippen LogP contribution in [0, 0.1) is 10.1 Å². The van der Waals surface area contributed by atoms with Gasteiger partial charge in [0.05, 0.1) is 17.5 Å². The molecule has 0 unspecified atom stereocenters. The van der Waals surface area contributed by atoms with Crippen molar-refractivity contribution in [3.63, 3.8) is 0 Å². The van der Waals surface area contributed by atoms with Gasteiger partial charge in [0.15, 0.2) is 0 Å². The number of benzene rings is 2. The number of aromatic nitrogens is 2. The van der Waals surface area contributed by atoms with Crippen molar-refractivity contribution in [1.29, 1.82) is 0 Å². The van der Waals surface area contributed by atoms with Crippen LogP contribution in [-0.2, 0) is 4.74 Å². The van der Waals surface area contributed by atoms with E-state index in [0.29, 0.717) is 26.8 Å². The third-order valence-corrected chi connectivity index (χ3v) is 4.88. The van der Waals surface area contributed by atoms with E-state index in [1.165, 1.54) is 0 Å². The number of nitrogens with zero attached hydrogens (tertiary/aromatic N) is 3. The zero-order chi connectivity index (χ0) is 21.2. The van der Waals surface area contributed by atoms with Crippen LogP contribution >= 0.6 is 46.6 Å². The highest BCUT2D eigenvalue weighted by atomic mass is 35.5. The molecule has 152 valence electrons. The monoisotopic (exact) mass is 473 g/mol. The largest absolute Gasteiger partial charge is 0.480 e. The first-order valence-electron chi connectivity index (χ1n) is 7.84. The zero-order valence-corrected chi connectivity index (χ0v) is 17.7. The molecule has 11 heteroatoms. The predicted octanol–water partition coefficient (Wildman–Crippen LogP) is 6.22. The molecule has 1 N–H and O–H groups in total. The number of ether oxygens (including phenoxy) is 1. The van der Waals surface area contributed by atoms with Crippen molar-refractivity contribution in [1.82, 2.24) is 9.55 Å². The molecule has 0 amide bonds. The van der Waals surface area contributed by atoms with Gasteiger partial charge in [-0.3, -0.25) is 0 Å². The Labute approximate surface area is 185 Å². The second kappa shape index (κ2) is 11.6. The van der Waals surface area contributed by atoms with Crippen molar-refractivity contribution in [2.45, 2.75) is 4.90 Å². The first-order valence-corrected chi connectivity index (χ1v) is 9.96. The van der Waals surface area contributed by atoms with Crippen LogP contribution in [0.4, 0.5) is 0 Å². The number of rotatable bonds is 6. The summed E-state index contributed by atoms with van der Waals surface area (Å²) < 4.78 is 7.77. The zero-order valence-electron chi connectivity index (χ0n) is 14.6. The van der Waals surface area contributed by atoms with Crippen molar-refractivity contribution >= 4 is 58.5 Å². The summed E-state index contributed by atoms with van der Waals surface area (Å²) in [7, 11) is 0. The van der Waals surface area contributed by atoms with E-state index in [0.717, 1.165) is 10.5 Å². The summed E-state index contributed by atoms with van der Waals surface area (Å²) in [6.07, 6.45) is 7.02. The van der Waals surface area contributed by atoms with Crippen LogP contribution in [-0.4, -0.2) is 25.8 Å². The third-order valence-electron chi connectivity index (χ3n) is 3.24. The maximum Gasteiger partial charge on any atom is 0.291 e. The van der Waals surface area contributed by atoms with Crippen LogP contribution < -0.4 is 0 Å². The van der Waals surface area contributed by atoms with Crippen LogP contribution in [0.5, 0.6) is 0 Å². The number of imidazole rings is 1. The maximum absolute atomic E-state index is 8.36. The predicted molar refractivity (Wildman–Crippen MR) is 115 cm³/mol. The lowest BCUT2D eigenvalue weighted by Gasteiger charge is -2.13. The molecule has 0 radical (unpaired) electrons. The van der Waals surface area contributed by atoms with Gasteiger partial charge < -0.3 is 14.5 Å². The first-order chi connectivity index (χ1) is 13.8. The summed E-state index contributed by atoms with van der Waals surface area (Å²) in [4.78, 5) is 13.5. The molecule has 3 rings (SSSR count). The highest BCUT2D eigenvalue weighted by Gasteiger charge is 2.10. The minimum atomic E-state index is -1.50. The fourth-order valence-electron chi connectivity index (χ4n) is 2.05. The van der Waals surface area contributed by atoms with E-state index in [9.17, 15) is 0 Å². The molecular formula is C18H14Cl3N3O4S. The standard InChI is InChI=1S/C18H13Cl3N2OS.HNO3/c19-13-1-4-15(5-2-13)25-12-24-18(10-23-8-7-22-11-23)16-6-3-14(20)9-17(16)21;2-1(3)4/h1-11H,12H2;(H,2,3,4). The molecule has 3 aromatic rings. The summed E-state index contributed by atoms with van der Waals surface area (Å²) >= 11 is 19.8. The summed E-state index contributed by atoms with van der Waals surface area (Å²) in [5, 5.41) is 15.4. The SMILES string of the molecule is Clc1ccc(SCOC(=Cn2ccnc2)c2ccc(Cl)cc2Cl)cc1.O=[N+]([O-])O. The van der Waals surface area contributed by atoms with E-state index >= 15 is 0 Å². The molecule has 0 bridgehead atoms. The van der Waals surface area contributed by atoms with Gasteiger partial charge in [0.1, 0.15) is 11.7 Å². The van der Waals surface area contributed by atoms with Crippen molar-refractivity contribution in [2.75, 3.05) is 5.94 Å². The van der Waals surface area contributed by atoms with Gasteiger partial charge in [0.2, 0.25) is 0 Å². The van der Waals surface area contributed by atoms with Crippen LogP contribution in [0.2, 0.25) is 15.1 Å². The van der Waals surface area contributed by atoms with Gasteiger partial charge in [-0.2, -0.15) is 0 Å². The number of thioether (sulfide) groups is 1. The Morgan fingerprint density at radius 2 is 1.86 bits per heavy atom. The third kappa shape index (κ3) is 8.25. The lowest BCUT2D eigenvalue weighted by atomic mass is 10.2. The van der Waals surface area contributed by atoms with Crippen LogP contribution in [0.3, 0.4) is 0 Å². The van der Waals surface area contributed by atoms with Gasteiger partial charge >= 0.3 is 0 Å². The Balaban J connectivity index is 0.000000687. The van der Waals surface area contributed by atoms with Gasteiger partial charge in [-0.25, -0.2) is 4.98 Å². The smallest absolute Gasteiger partial charge is 0.291 e. The summed E-state index contributed by atoms with van der Waals surface area (Å²) in [6, 6.07) is 12.9. The molecule has 0 saturated carbocycles. The van der Waals surface area contributed by atoms with Gasteiger partial charge in [0.25, 0.3) is 5.09 Å². The molecule has 0 fully saturated rings. The molecule has 1 heterocycles. The Hall–Kier alpha value is -2.39. The van der Waals surface area contributed by atoms with E-state index in [4.69, 9.17) is 54.9 Å². The molecule has 1 aromatic heterocycles. The highest BCUT2D eigenvalue weighted by molar-refractivity contribution is 7.99. The van der Waals surface area contributed by atoms with Crippen LogP contribution in [0.25, 0.3) is 12.0 Å². The second-order valence-electron chi connectivity index (χ2n) is 5.23. The van der Waals surface area contributed by atoms with E-state index in [-0.39, 0.29) is 0 Å². The minimum Gasteiger partial charge on any atom is -0.480 e. The molecule has 7 nitrogen and oxygen atoms in total. The van der Waals surface area contributed by atoms with Gasteiger partial charge in [0, 0.05) is 32.9 Å². The quantitative estimate of drug-likeness (QED) is 0.150. The lowest BCUT2D eigenvalue weighted by molar-refractivity contribution is -0.742. The molecule has 29 heavy (non-hydrogen) atoms. The number of hydrogen-bond donors (Lipinski definition) is 1. The molecule has 0 aliphatic carbocycles. The minimum absolute atomic E-state index is 0.418. The average Bonchev–Trinajstić information content (AvgIpc) is 3.15. The lowest BCUT2D eigenvalue weighted by Crippen LogP contribution is -1.96. The highest BCUT2D eigenvalue weighted by Crippen LogP contribution is 2.30. The Morgan fingerprint density at radius 1 is 1.21 bits per heavy atom. The van der Waals surface area contributed by atoms with Crippen molar-refractivity contribution in [2.24, 2.45) is 0 Å². The van der Waals surface area contributed by atoms with Crippen molar-refractivity contribution in [3.05, 3.63) is 91.9 Å². The van der Waals surface area contributed by atoms with Gasteiger partial charge in [-0.05, 0) is 42.5 Å². The fourth-order valence-corrected chi connectivity index (χ4v) is 3.32. The molecule has 0 saturated heterocycles. The Morgan fingerprint density at radius 3 is 2.45 bits per heavy atom. The summed E-state index contributed by atoms with van der Waals surface area (Å²) in [5.74, 6) is 1.04. The molecule has 0 aliphatic heterocycles. The fraction of sp³-hybridized carbons (Fsp3) is 0.0556. The van der Waals surface area contributed by atoms with E-state index < -0.39 is 5.09 Å². The van der Waals surface area contributed by atoms with Crippen molar-refractivity contribution < 1.29 is 15.0 Å². The average molecular weight is 475 g/mol. The topological polar surface area (TPSA) is 90.4 Å². The summed E-state index contributed by atoms with van der Waals surface area (Å²) in [6.45, 7) is 0. The number of halogens is 3.